The van der Waals surface area contributed by atoms with Crippen molar-refractivity contribution in [3.8, 4) is 0 Å². The molecule has 0 atom stereocenters. The predicted octanol–water partition coefficient (Wildman–Crippen LogP) is 1.23. The van der Waals surface area contributed by atoms with Crippen molar-refractivity contribution in [3.63, 3.8) is 0 Å². The number of nitrogens with one attached hydrogen (secondary N) is 2. The lowest BCUT2D eigenvalue weighted by molar-refractivity contribution is 1.18. The Morgan fingerprint density at radius 1 is 1.50 bits per heavy atom. The second kappa shape index (κ2) is 2.85. The highest BCUT2D eigenvalue weighted by Crippen LogP contribution is 2.20. The minimum absolute atomic E-state index is 0.116. The normalized spacial score (nSPS) is 14.5. The van der Waals surface area contributed by atoms with E-state index >= 15 is 0 Å². The average Bonchev–Trinajstić information content (AvgIpc) is 2.43. The number of rotatable bonds is 1. The smallest absolute Gasteiger partial charge is 0.305 e. The Kier molecular flexibility index (Phi) is 1.84. The first kappa shape index (κ1) is 7.72. The lowest BCUT2D eigenvalue weighted by Crippen LogP contribution is -2.00. The van der Waals surface area contributed by atoms with E-state index in [0.717, 1.165) is 15.0 Å². The summed E-state index contributed by atoms with van der Waals surface area (Å²) in [5.74, 6) is 0. The molecule has 0 unspecified atom stereocenters. The summed E-state index contributed by atoms with van der Waals surface area (Å²) in [5, 5.41) is 0. The van der Waals surface area contributed by atoms with Crippen LogP contribution in [0, 0.1) is 3.70 Å². The molecule has 0 fully saturated rings. The van der Waals surface area contributed by atoms with Crippen LogP contribution in [0.2, 0.25) is 0 Å². The van der Waals surface area contributed by atoms with E-state index in [1.54, 1.807) is 6.08 Å². The largest absolute Gasteiger partial charge is 0.324 e. The van der Waals surface area contributed by atoms with Crippen molar-refractivity contribution in [2.75, 3.05) is 0 Å². The molecule has 12 heavy (non-hydrogen) atoms. The fraction of sp³-hybridized carbons (Fsp3) is 0. The molecule has 4 heteroatoms. The van der Waals surface area contributed by atoms with Crippen molar-refractivity contribution in [2.45, 2.75) is 0 Å². The van der Waals surface area contributed by atoms with Gasteiger partial charge in [-0.1, -0.05) is 33.4 Å². The number of aromatic nitrogens is 2. The number of allylic oxidation sites excluding steroid dienone is 2. The molecule has 3 nitrogen and oxygen atoms in total. The van der Waals surface area contributed by atoms with Crippen LogP contribution in [-0.2, 0) is 0 Å². The Morgan fingerprint density at radius 2 is 2.33 bits per heavy atom. The van der Waals surface area contributed by atoms with Crippen molar-refractivity contribution >= 4 is 30.8 Å². The van der Waals surface area contributed by atoms with Crippen LogP contribution in [0.15, 0.2) is 23.0 Å². The Hall–Kier alpha value is -0.910. The maximum Gasteiger partial charge on any atom is 0.324 e. The number of hydrogen-bond donors (Lipinski definition) is 2. The van der Waals surface area contributed by atoms with Gasteiger partial charge in [0.05, 0.1) is 9.39 Å². The van der Waals surface area contributed by atoms with Gasteiger partial charge in [0, 0.05) is 0 Å². The molecule has 1 aliphatic rings. The van der Waals surface area contributed by atoms with Gasteiger partial charge in [0.1, 0.15) is 0 Å². The van der Waals surface area contributed by atoms with Crippen LogP contribution >= 0.6 is 20.7 Å². The minimum Gasteiger partial charge on any atom is -0.305 e. The van der Waals surface area contributed by atoms with E-state index in [1.165, 1.54) is 0 Å². The van der Waals surface area contributed by atoms with E-state index in [9.17, 15) is 4.79 Å². The Labute approximate surface area is 79.0 Å². The van der Waals surface area contributed by atoms with Crippen LogP contribution < -0.4 is 5.69 Å². The molecule has 0 radical (unpaired) electrons. The quantitative estimate of drug-likeness (QED) is 0.743. The SMILES string of the molecule is C=CC1=Cc2[nH]c(=O)[nH]c2I=C1. The first-order valence-electron chi connectivity index (χ1n) is 3.42. The van der Waals surface area contributed by atoms with Crippen LogP contribution in [-0.4, -0.2) is 14.0 Å². The summed E-state index contributed by atoms with van der Waals surface area (Å²) < 4.78 is 3.20. The van der Waals surface area contributed by atoms with Gasteiger partial charge in [0.25, 0.3) is 0 Å². The van der Waals surface area contributed by atoms with Gasteiger partial charge in [0.15, 0.2) is 0 Å². The molecule has 0 spiro atoms. The average molecular weight is 274 g/mol. The molecular weight excluding hydrogens is 267 g/mol. The summed E-state index contributed by atoms with van der Waals surface area (Å²) in [6.07, 6.45) is 3.73. The van der Waals surface area contributed by atoms with E-state index in [-0.39, 0.29) is 26.4 Å². The van der Waals surface area contributed by atoms with Crippen molar-refractivity contribution in [1.29, 1.82) is 0 Å². The van der Waals surface area contributed by atoms with E-state index < -0.39 is 0 Å². The summed E-state index contributed by atoms with van der Waals surface area (Å²) in [5.41, 5.74) is 1.91. The van der Waals surface area contributed by atoms with Gasteiger partial charge in [-0.05, 0) is 15.7 Å². The summed E-state index contributed by atoms with van der Waals surface area (Å²) in [6.45, 7) is 3.68. The van der Waals surface area contributed by atoms with Crippen LogP contribution in [0.1, 0.15) is 5.69 Å². The molecule has 1 aromatic heterocycles. The monoisotopic (exact) mass is 274 g/mol. The van der Waals surface area contributed by atoms with E-state index in [0.29, 0.717) is 0 Å². The number of hydrogen-bond acceptors (Lipinski definition) is 1. The lowest BCUT2D eigenvalue weighted by Gasteiger charge is -1.99. The van der Waals surface area contributed by atoms with Crippen molar-refractivity contribution < 1.29 is 0 Å². The predicted molar refractivity (Wildman–Crippen MR) is 58.4 cm³/mol. The number of aromatic amines is 2. The van der Waals surface area contributed by atoms with Gasteiger partial charge in [-0.2, -0.15) is 0 Å². The standard InChI is InChI=1S/C8H7IN2O/c1-2-5-3-6-7(9-4-5)11-8(12)10-6/h2-4H,1H2,(H2,10,11,12). The van der Waals surface area contributed by atoms with Gasteiger partial charge in [-0.15, -0.1) is 0 Å². The molecule has 1 aromatic rings. The highest BCUT2D eigenvalue weighted by Gasteiger charge is 2.06. The fourth-order valence-corrected chi connectivity index (χ4v) is 3.11. The molecule has 0 saturated heterocycles. The molecule has 2 N–H and O–H groups in total. The zero-order valence-electron chi connectivity index (χ0n) is 6.23. The van der Waals surface area contributed by atoms with E-state index in [4.69, 9.17) is 0 Å². The van der Waals surface area contributed by atoms with Gasteiger partial charge in [-0.3, -0.25) is 0 Å². The third kappa shape index (κ3) is 1.22. The first-order valence-corrected chi connectivity index (χ1v) is 5.75. The van der Waals surface area contributed by atoms with Gasteiger partial charge in [-0.25, -0.2) is 4.79 Å². The van der Waals surface area contributed by atoms with E-state index in [1.807, 2.05) is 6.08 Å². The summed E-state index contributed by atoms with van der Waals surface area (Å²) in [4.78, 5) is 16.4. The second-order valence-corrected chi connectivity index (χ2v) is 4.70. The number of imidazole rings is 1. The van der Waals surface area contributed by atoms with Crippen LogP contribution in [0.4, 0.5) is 0 Å². The Morgan fingerprint density at radius 3 is 3.08 bits per heavy atom. The molecule has 0 aromatic carbocycles. The second-order valence-electron chi connectivity index (χ2n) is 2.37. The highest BCUT2D eigenvalue weighted by atomic mass is 127. The Balaban J connectivity index is 2.62. The van der Waals surface area contributed by atoms with Crippen molar-refractivity contribution in [3.05, 3.63) is 38.1 Å². The zero-order valence-corrected chi connectivity index (χ0v) is 8.38. The molecule has 2 rings (SSSR count). The van der Waals surface area contributed by atoms with Crippen molar-refractivity contribution in [2.24, 2.45) is 0 Å². The molecule has 0 amide bonds. The molecular formula is C8H7IN2O. The van der Waals surface area contributed by atoms with E-state index in [2.05, 4.69) is 20.6 Å². The maximum atomic E-state index is 10.9. The molecule has 1 aliphatic heterocycles. The molecule has 62 valence electrons. The molecule has 2 heterocycles. The van der Waals surface area contributed by atoms with Crippen LogP contribution in [0.3, 0.4) is 0 Å². The van der Waals surface area contributed by atoms with Gasteiger partial charge in [0.2, 0.25) is 0 Å². The third-order valence-corrected chi connectivity index (χ3v) is 4.05. The number of H-pyrrole nitrogens is 2. The van der Waals surface area contributed by atoms with Crippen LogP contribution in [0.5, 0.6) is 0 Å². The Bertz CT molecular complexity index is 436. The first-order chi connectivity index (χ1) is 5.79. The highest BCUT2D eigenvalue weighted by molar-refractivity contribution is 14.2. The molecule has 0 saturated carbocycles. The number of fused-ring (bicyclic) bond motifs is 1. The number of halogens is 1. The van der Waals surface area contributed by atoms with Gasteiger partial charge < -0.3 is 9.97 Å². The summed E-state index contributed by atoms with van der Waals surface area (Å²) >= 11 is -0.182. The van der Waals surface area contributed by atoms with Gasteiger partial charge >= 0.3 is 5.69 Å². The topological polar surface area (TPSA) is 48.6 Å². The molecule has 0 bridgehead atoms. The minimum atomic E-state index is -0.182. The summed E-state index contributed by atoms with van der Waals surface area (Å²) in [6, 6.07) is 0. The molecule has 0 aliphatic carbocycles. The summed E-state index contributed by atoms with van der Waals surface area (Å²) in [7, 11) is 0. The maximum absolute atomic E-state index is 10.9. The fourth-order valence-electron chi connectivity index (χ4n) is 0.980. The lowest BCUT2D eigenvalue weighted by atomic mass is 10.2. The third-order valence-electron chi connectivity index (χ3n) is 1.54. The zero-order chi connectivity index (χ0) is 8.55. The van der Waals surface area contributed by atoms with Crippen LogP contribution in [0.25, 0.3) is 6.08 Å². The van der Waals surface area contributed by atoms with Crippen molar-refractivity contribution in [1.82, 2.24) is 9.97 Å².